The first kappa shape index (κ1) is 13.0. The fourth-order valence-corrected chi connectivity index (χ4v) is 1.26. The molecular weight excluding hydrogens is 221 g/mol. The molecule has 0 aliphatic carbocycles. The van der Waals surface area contributed by atoms with Gasteiger partial charge in [-0.15, -0.1) is 0 Å². The van der Waals surface area contributed by atoms with Crippen LogP contribution in [0.4, 0.5) is 13.2 Å². The lowest BCUT2D eigenvalue weighted by Gasteiger charge is -2.12. The minimum atomic E-state index is -4.34. The van der Waals surface area contributed by atoms with Gasteiger partial charge in [0.1, 0.15) is 6.61 Å². The Bertz CT molecular complexity index is 298. The summed E-state index contributed by atoms with van der Waals surface area (Å²) < 4.78 is 39.5. The molecule has 0 aromatic heterocycles. The number of rotatable bonds is 5. The molecule has 0 bridgehead atoms. The standard InChI is InChI=1S/C11H13F3O2/c12-11(13,14)8-16-7-10(15)6-9-4-2-1-3-5-9/h1-5,10,15H,6-8H2. The van der Waals surface area contributed by atoms with E-state index in [1.807, 2.05) is 6.07 Å². The molecule has 1 atom stereocenters. The predicted molar refractivity (Wildman–Crippen MR) is 53.0 cm³/mol. The van der Waals surface area contributed by atoms with E-state index in [-0.39, 0.29) is 6.61 Å². The summed E-state index contributed by atoms with van der Waals surface area (Å²) in [6.07, 6.45) is -4.96. The molecule has 90 valence electrons. The number of aliphatic hydroxyl groups excluding tert-OH is 1. The van der Waals surface area contributed by atoms with Gasteiger partial charge in [0, 0.05) is 6.42 Å². The van der Waals surface area contributed by atoms with Crippen molar-refractivity contribution in [1.29, 1.82) is 0 Å². The van der Waals surface area contributed by atoms with Crippen LogP contribution in [0.25, 0.3) is 0 Å². The van der Waals surface area contributed by atoms with Crippen LogP contribution in [0.15, 0.2) is 30.3 Å². The first-order valence-electron chi connectivity index (χ1n) is 4.84. The molecule has 1 N–H and O–H groups in total. The summed E-state index contributed by atoms with van der Waals surface area (Å²) in [6, 6.07) is 9.03. The largest absolute Gasteiger partial charge is 0.411 e. The number of halogens is 3. The smallest absolute Gasteiger partial charge is 0.390 e. The Morgan fingerprint density at radius 3 is 2.38 bits per heavy atom. The van der Waals surface area contributed by atoms with Crippen molar-refractivity contribution in [3.05, 3.63) is 35.9 Å². The third-order valence-electron chi connectivity index (χ3n) is 1.89. The van der Waals surface area contributed by atoms with Gasteiger partial charge in [-0.05, 0) is 5.56 Å². The Balaban J connectivity index is 2.24. The first-order chi connectivity index (χ1) is 7.47. The van der Waals surface area contributed by atoms with Crippen molar-refractivity contribution < 1.29 is 23.0 Å². The van der Waals surface area contributed by atoms with Crippen LogP contribution in [-0.2, 0) is 11.2 Å². The normalized spacial score (nSPS) is 13.8. The van der Waals surface area contributed by atoms with E-state index in [4.69, 9.17) is 0 Å². The number of aliphatic hydroxyl groups is 1. The highest BCUT2D eigenvalue weighted by molar-refractivity contribution is 5.15. The van der Waals surface area contributed by atoms with Crippen LogP contribution < -0.4 is 0 Å². The van der Waals surface area contributed by atoms with Gasteiger partial charge < -0.3 is 9.84 Å². The number of hydrogen-bond donors (Lipinski definition) is 1. The lowest BCUT2D eigenvalue weighted by atomic mass is 10.1. The molecule has 1 aromatic rings. The second-order valence-corrected chi connectivity index (χ2v) is 3.47. The SMILES string of the molecule is OC(COCC(F)(F)F)Cc1ccccc1. The van der Waals surface area contributed by atoms with Crippen molar-refractivity contribution in [2.75, 3.05) is 13.2 Å². The van der Waals surface area contributed by atoms with Crippen molar-refractivity contribution in [2.45, 2.75) is 18.7 Å². The molecule has 1 unspecified atom stereocenters. The van der Waals surface area contributed by atoms with Crippen LogP contribution >= 0.6 is 0 Å². The second-order valence-electron chi connectivity index (χ2n) is 3.47. The minimum absolute atomic E-state index is 0.290. The van der Waals surface area contributed by atoms with Crippen LogP contribution in [0.5, 0.6) is 0 Å². The molecule has 0 saturated heterocycles. The average Bonchev–Trinajstić information content (AvgIpc) is 2.17. The van der Waals surface area contributed by atoms with E-state index in [1.165, 1.54) is 0 Å². The van der Waals surface area contributed by atoms with E-state index in [1.54, 1.807) is 24.3 Å². The van der Waals surface area contributed by atoms with Gasteiger partial charge in [0.05, 0.1) is 12.7 Å². The van der Waals surface area contributed by atoms with Gasteiger partial charge in [0.2, 0.25) is 0 Å². The van der Waals surface area contributed by atoms with Gasteiger partial charge >= 0.3 is 6.18 Å². The highest BCUT2D eigenvalue weighted by Crippen LogP contribution is 2.14. The molecule has 0 amide bonds. The third-order valence-corrected chi connectivity index (χ3v) is 1.89. The average molecular weight is 234 g/mol. The van der Waals surface area contributed by atoms with Crippen LogP contribution in [0.1, 0.15) is 5.56 Å². The van der Waals surface area contributed by atoms with Crippen molar-refractivity contribution in [3.8, 4) is 0 Å². The maximum atomic E-state index is 11.7. The Morgan fingerprint density at radius 2 is 1.81 bits per heavy atom. The van der Waals surface area contributed by atoms with Crippen LogP contribution in [0, 0.1) is 0 Å². The van der Waals surface area contributed by atoms with Crippen LogP contribution in [-0.4, -0.2) is 30.6 Å². The molecule has 0 aliphatic heterocycles. The molecule has 1 aromatic carbocycles. The summed E-state index contributed by atoms with van der Waals surface area (Å²) in [6.45, 7) is -1.63. The number of alkyl halides is 3. The summed E-state index contributed by atoms with van der Waals surface area (Å²) in [5.41, 5.74) is 0.866. The summed E-state index contributed by atoms with van der Waals surface area (Å²) in [7, 11) is 0. The van der Waals surface area contributed by atoms with Crippen molar-refractivity contribution >= 4 is 0 Å². The molecule has 0 fully saturated rings. The van der Waals surface area contributed by atoms with Gasteiger partial charge in [0.15, 0.2) is 0 Å². The predicted octanol–water partition coefficient (Wildman–Crippen LogP) is 2.17. The van der Waals surface area contributed by atoms with Gasteiger partial charge in [0.25, 0.3) is 0 Å². The summed E-state index contributed by atoms with van der Waals surface area (Å²) in [5, 5.41) is 9.41. The zero-order valence-electron chi connectivity index (χ0n) is 8.57. The molecule has 0 radical (unpaired) electrons. The second kappa shape index (κ2) is 5.86. The summed E-state index contributed by atoms with van der Waals surface area (Å²) in [5.74, 6) is 0. The lowest BCUT2D eigenvalue weighted by molar-refractivity contribution is -0.179. The molecular formula is C11H13F3O2. The number of benzene rings is 1. The van der Waals surface area contributed by atoms with Gasteiger partial charge in [-0.2, -0.15) is 13.2 Å². The molecule has 0 aliphatic rings. The monoisotopic (exact) mass is 234 g/mol. The highest BCUT2D eigenvalue weighted by Gasteiger charge is 2.27. The fourth-order valence-electron chi connectivity index (χ4n) is 1.26. The van der Waals surface area contributed by atoms with Gasteiger partial charge in [-0.25, -0.2) is 0 Å². The number of hydrogen-bond acceptors (Lipinski definition) is 2. The Kier molecular flexibility index (Phi) is 4.76. The molecule has 5 heteroatoms. The topological polar surface area (TPSA) is 29.5 Å². The third kappa shape index (κ3) is 5.72. The molecule has 1 rings (SSSR count). The Hall–Kier alpha value is -1.07. The molecule has 0 heterocycles. The zero-order chi connectivity index (χ0) is 12.0. The lowest BCUT2D eigenvalue weighted by Crippen LogP contribution is -2.24. The maximum absolute atomic E-state index is 11.7. The van der Waals surface area contributed by atoms with E-state index >= 15 is 0 Å². The van der Waals surface area contributed by atoms with E-state index in [0.29, 0.717) is 6.42 Å². The fraction of sp³-hybridized carbons (Fsp3) is 0.455. The van der Waals surface area contributed by atoms with Gasteiger partial charge in [-0.3, -0.25) is 0 Å². The van der Waals surface area contributed by atoms with E-state index < -0.39 is 18.9 Å². The first-order valence-corrected chi connectivity index (χ1v) is 4.84. The van der Waals surface area contributed by atoms with Crippen LogP contribution in [0.3, 0.4) is 0 Å². The molecule has 0 saturated carbocycles. The highest BCUT2D eigenvalue weighted by atomic mass is 19.4. The minimum Gasteiger partial charge on any atom is -0.390 e. The Morgan fingerprint density at radius 1 is 1.19 bits per heavy atom. The molecule has 0 spiro atoms. The van der Waals surface area contributed by atoms with Crippen molar-refractivity contribution in [2.24, 2.45) is 0 Å². The molecule has 2 nitrogen and oxygen atoms in total. The van der Waals surface area contributed by atoms with Crippen molar-refractivity contribution in [3.63, 3.8) is 0 Å². The Labute approximate surface area is 91.7 Å². The quantitative estimate of drug-likeness (QED) is 0.846. The van der Waals surface area contributed by atoms with Crippen LogP contribution in [0.2, 0.25) is 0 Å². The maximum Gasteiger partial charge on any atom is 0.411 e. The zero-order valence-corrected chi connectivity index (χ0v) is 8.57. The van der Waals surface area contributed by atoms with E-state index in [0.717, 1.165) is 5.56 Å². The summed E-state index contributed by atoms with van der Waals surface area (Å²) in [4.78, 5) is 0. The van der Waals surface area contributed by atoms with E-state index in [9.17, 15) is 18.3 Å². The van der Waals surface area contributed by atoms with Gasteiger partial charge in [-0.1, -0.05) is 30.3 Å². The molecule has 16 heavy (non-hydrogen) atoms. The summed E-state index contributed by atoms with van der Waals surface area (Å²) >= 11 is 0. The van der Waals surface area contributed by atoms with E-state index in [2.05, 4.69) is 4.74 Å². The van der Waals surface area contributed by atoms with Crippen molar-refractivity contribution in [1.82, 2.24) is 0 Å². The number of ether oxygens (including phenoxy) is 1.